The van der Waals surface area contributed by atoms with E-state index >= 15 is 0 Å². The minimum absolute atomic E-state index is 0.217. The van der Waals surface area contributed by atoms with Crippen LogP contribution in [0.5, 0.6) is 0 Å². The number of carbonyl (C=O) groups is 2. The van der Waals surface area contributed by atoms with Crippen molar-refractivity contribution < 1.29 is 19.1 Å². The zero-order valence-corrected chi connectivity index (χ0v) is 79.7. The first-order chi connectivity index (χ1) is 57.6. The number of H-pyrrole nitrogens is 5. The number of halogens is 2. The van der Waals surface area contributed by atoms with Gasteiger partial charge in [-0.05, 0) is 258 Å². The fourth-order valence-electron chi connectivity index (χ4n) is 11.6. The molecule has 15 aromatic rings. The Labute approximate surface area is 741 Å². The number of aromatic amines is 5. The van der Waals surface area contributed by atoms with Crippen molar-refractivity contribution >= 4 is 166 Å². The molecule has 25 nitrogen and oxygen atoms in total. The van der Waals surface area contributed by atoms with Crippen molar-refractivity contribution in [1.29, 1.82) is 0 Å². The van der Waals surface area contributed by atoms with Crippen LogP contribution in [0.4, 0.5) is 33.1 Å². The second kappa shape index (κ2) is 49.4. The lowest BCUT2D eigenvalue weighted by Crippen LogP contribution is -2.22. The number of pyridine rings is 2. The molecule has 0 bridgehead atoms. The molecule has 0 saturated heterocycles. The molecule has 12 N–H and O–H groups in total. The third-order valence-electron chi connectivity index (χ3n) is 16.9. The zero-order valence-electron chi connectivity index (χ0n) is 74.0. The van der Waals surface area contributed by atoms with Gasteiger partial charge in [0.1, 0.15) is 42.9 Å². The highest BCUT2D eigenvalue weighted by Gasteiger charge is 2.17. The maximum Gasteiger partial charge on any atom is 0.348 e. The van der Waals surface area contributed by atoms with E-state index in [2.05, 4.69) is 329 Å². The van der Waals surface area contributed by atoms with Crippen LogP contribution in [0.1, 0.15) is 172 Å². The third kappa shape index (κ3) is 33.1. The van der Waals surface area contributed by atoms with Crippen LogP contribution in [0.25, 0.3) is 66.2 Å². The summed E-state index contributed by atoms with van der Waals surface area (Å²) in [6.45, 7) is 43.0. The predicted molar refractivity (Wildman–Crippen MR) is 517 cm³/mol. The number of esters is 2. The number of para-hydroxylation sites is 2. The van der Waals surface area contributed by atoms with Crippen LogP contribution in [-0.4, -0.2) is 138 Å². The third-order valence-corrected chi connectivity index (χ3v) is 20.8. The van der Waals surface area contributed by atoms with E-state index in [-0.39, 0.29) is 11.9 Å². The molecule has 4 aromatic carbocycles. The molecule has 30 heteroatoms. The number of nitrogens with one attached hydrogen (secondary N) is 12. The Morgan fingerprint density at radius 1 is 0.554 bits per heavy atom. The summed E-state index contributed by atoms with van der Waals surface area (Å²) in [7, 11) is 4.77. The number of nitrogens with zero attached hydrogens (tertiary/aromatic N) is 9. The summed E-state index contributed by atoms with van der Waals surface area (Å²) < 4.78 is 17.5. The van der Waals surface area contributed by atoms with Crippen molar-refractivity contribution in [2.24, 2.45) is 18.9 Å². The Morgan fingerprint density at radius 3 is 1.79 bits per heavy atom. The standard InChI is InChI=1S/C13H16BrN3.C11H15N3.C11H14N2.C10H12BrN3.C10H13N3.C10H15NO2S.C10H14O2S.C9H12N4.C7H12N2S/c1-9(2)15-13-8-12(16-17(13)3)10-4-6-11(14)7-5-10;1-8(2)13-7-10-4-3-9-5-6-12-11(9)14-10;1-8(2)5-9-6-10-3-4-12-11(10)13-7-9;1-6(2)12-10-8-5-7(11)3-4-9(8)13-14-10;1-7(2)11-10-8-5-3-4-6-9(8)12-13-10;1-6(2)11-9-7(3)5-8(14-9)10(12)13-4;1-7(2)6-8-4-5-13-9(8)10(11)12-3;1-6(2)10-7-4-3-5-8-9(7)12-13-11-8;1-5(2)8-7-4-6(3)9-10-7/h4-9,15H,1-3H3;3-6,8,13H,7H2,1-2H3,(H,12,14);3-4,6-8H,5H2,1-2H3,(H,12,13);3-6H,1-2H3,(H2,12,13,14);3-7H,1-2H3,(H2,11,12,13);5-6,11H,1-4H3;4-5,7H,6H2,1-3H3;3-6,10H,1-2H3,(H,11,12,13);4-5,8H,1-3H3. The summed E-state index contributed by atoms with van der Waals surface area (Å²) in [5, 5.41) is 61.5. The molecule has 11 heterocycles. The van der Waals surface area contributed by atoms with Crippen LogP contribution >= 0.6 is 66.1 Å². The average molecular weight is 1830 g/mol. The van der Waals surface area contributed by atoms with Gasteiger partial charge in [-0.1, -0.05) is 104 Å². The number of fused-ring (bicyclic) bond motifs is 5. The Morgan fingerprint density at radius 2 is 1.17 bits per heavy atom. The normalized spacial score (nSPS) is 10.9. The molecule has 15 rings (SSSR count). The van der Waals surface area contributed by atoms with E-state index in [9.17, 15) is 9.59 Å². The number of hydrogen-bond donors (Lipinski definition) is 12. The number of rotatable bonds is 22. The number of carbonyl (C=O) groups excluding carboxylic acids is 2. The molecule has 11 aromatic heterocycles. The number of hydrogen-bond acceptors (Lipinski definition) is 22. The largest absolute Gasteiger partial charge is 0.465 e. The van der Waals surface area contributed by atoms with Gasteiger partial charge >= 0.3 is 11.9 Å². The molecule has 0 fully saturated rings. The topological polar surface area (TPSA) is 324 Å². The van der Waals surface area contributed by atoms with Gasteiger partial charge in [0.25, 0.3) is 0 Å². The highest BCUT2D eigenvalue weighted by molar-refractivity contribution is 9.10. The Hall–Kier alpha value is -10.5. The number of benzene rings is 4. The first kappa shape index (κ1) is 97.6. The van der Waals surface area contributed by atoms with E-state index < -0.39 is 0 Å². The maximum absolute atomic E-state index is 11.3. The number of ether oxygens (including phenoxy) is 2. The average Bonchev–Trinajstić information content (AvgIpc) is 1.67. The summed E-state index contributed by atoms with van der Waals surface area (Å²) in [5.74, 6) is 3.66. The van der Waals surface area contributed by atoms with Crippen LogP contribution in [0.3, 0.4) is 0 Å². The molecule has 0 saturated carbocycles. The van der Waals surface area contributed by atoms with E-state index in [0.717, 1.165) is 144 Å². The molecule has 121 heavy (non-hydrogen) atoms. The van der Waals surface area contributed by atoms with Crippen LogP contribution in [0.2, 0.25) is 0 Å². The first-order valence-corrected chi connectivity index (χ1v) is 44.8. The molecule has 0 radical (unpaired) electrons. The van der Waals surface area contributed by atoms with Gasteiger partial charge in [0.15, 0.2) is 11.6 Å². The molecule has 648 valence electrons. The first-order valence-electron chi connectivity index (χ1n) is 40.8. The molecule has 0 atom stereocenters. The van der Waals surface area contributed by atoms with Gasteiger partial charge in [-0.25, -0.2) is 19.6 Å². The molecule has 0 spiro atoms. The van der Waals surface area contributed by atoms with Crippen LogP contribution < -0.4 is 37.2 Å². The fourth-order valence-corrected chi connectivity index (χ4v) is 15.1. The molecule has 0 unspecified atom stereocenters. The van der Waals surface area contributed by atoms with E-state index in [1.807, 2.05) is 128 Å². The number of thiophene rings is 2. The lowest BCUT2D eigenvalue weighted by atomic mass is 10.0. The quantitative estimate of drug-likeness (QED) is 0.0281. The van der Waals surface area contributed by atoms with Crippen molar-refractivity contribution in [2.75, 3.05) is 46.1 Å². The Balaban J connectivity index is 0.000000188. The van der Waals surface area contributed by atoms with E-state index in [1.54, 1.807) is 0 Å². The Bertz CT molecular complexity index is 5540. The van der Waals surface area contributed by atoms with Gasteiger partial charge in [0, 0.05) is 117 Å². The van der Waals surface area contributed by atoms with Gasteiger partial charge in [-0.3, -0.25) is 14.9 Å². The maximum atomic E-state index is 11.3. The van der Waals surface area contributed by atoms with Crippen LogP contribution in [-0.2, 0) is 35.9 Å². The number of anilines is 6. The summed E-state index contributed by atoms with van der Waals surface area (Å²) in [6.07, 6.45) is 7.84. The second-order valence-electron chi connectivity index (χ2n) is 31.6. The molecular formula is C91H123Br2N21O4S3. The molecule has 0 aliphatic rings. The Kier molecular flexibility index (Phi) is 39.9. The second-order valence-corrected chi connectivity index (χ2v) is 36.2. The minimum Gasteiger partial charge on any atom is -0.465 e. The lowest BCUT2D eigenvalue weighted by Gasteiger charge is -2.09. The van der Waals surface area contributed by atoms with E-state index in [0.29, 0.717) is 59.0 Å². The number of aryl methyl sites for hydroxylation is 3. The lowest BCUT2D eigenvalue weighted by molar-refractivity contribution is 0.0596. The molecule has 0 aliphatic carbocycles. The number of methoxy groups -OCH3 is 2. The van der Waals surface area contributed by atoms with Crippen molar-refractivity contribution in [3.63, 3.8) is 0 Å². The van der Waals surface area contributed by atoms with Gasteiger partial charge in [-0.15, -0.1) is 22.7 Å². The smallest absolute Gasteiger partial charge is 0.348 e. The highest BCUT2D eigenvalue weighted by Crippen LogP contribution is 2.31. The predicted octanol–water partition coefficient (Wildman–Crippen LogP) is 23.5. The van der Waals surface area contributed by atoms with Crippen LogP contribution in [0.15, 0.2) is 172 Å². The van der Waals surface area contributed by atoms with Gasteiger partial charge in [0.05, 0.1) is 53.0 Å². The number of aromatic nitrogens is 14. The monoisotopic (exact) mass is 1830 g/mol. The van der Waals surface area contributed by atoms with Gasteiger partial charge in [-0.2, -0.15) is 35.1 Å². The summed E-state index contributed by atoms with van der Waals surface area (Å²) >= 11 is 11.3. The molecule has 0 amide bonds. The minimum atomic E-state index is -0.269. The molecular weight excluding hydrogens is 1710 g/mol. The van der Waals surface area contributed by atoms with Gasteiger partial charge < -0.3 is 56.7 Å². The van der Waals surface area contributed by atoms with Crippen molar-refractivity contribution in [3.8, 4) is 11.3 Å². The SMILES string of the molecule is CC(C)Cc1cnc2[nH]ccc2c1.CC(C)NCc1ccc2cc[nH]c2n1.CC(C)Nc1cc(-c2ccc(Br)cc2)nn1C.CC(C)Nc1cccc2n[nH]nc12.CC(C)Nc1n[nH]c2ccc(Br)cc12.CC(C)Nc1n[nH]c2ccccc12.COC(=O)c1cc(C)c(NC(C)C)s1.COC(=O)c1sccc1CC(C)C.Cc1cc(NC(C)C)sn1. The summed E-state index contributed by atoms with van der Waals surface area (Å²) in [5.41, 5.74) is 14.7. The van der Waals surface area contributed by atoms with E-state index in [4.69, 9.17) is 0 Å². The van der Waals surface area contributed by atoms with Gasteiger partial charge in [0.2, 0.25) is 0 Å². The summed E-state index contributed by atoms with van der Waals surface area (Å²) in [6, 6.07) is 49.7. The van der Waals surface area contributed by atoms with Crippen molar-refractivity contribution in [2.45, 2.75) is 200 Å². The van der Waals surface area contributed by atoms with Crippen molar-refractivity contribution in [3.05, 3.63) is 210 Å². The summed E-state index contributed by atoms with van der Waals surface area (Å²) in [4.78, 5) is 38.9. The fraction of sp³-hybridized carbons (Fsp3) is 0.385. The zero-order chi connectivity index (χ0) is 88.4. The highest BCUT2D eigenvalue weighted by atomic mass is 79.9. The van der Waals surface area contributed by atoms with Crippen molar-refractivity contribution in [1.82, 2.24) is 75.2 Å². The molecule has 0 aliphatic heterocycles. The van der Waals surface area contributed by atoms with E-state index in [1.165, 1.54) is 64.8 Å². The van der Waals surface area contributed by atoms with Crippen LogP contribution in [0, 0.1) is 25.7 Å².